The molecule has 0 unspecified atom stereocenters. The van der Waals surface area contributed by atoms with E-state index in [1.54, 1.807) is 0 Å². The number of benzene rings is 2. The molecular formula is C10H6K2O7S2. The van der Waals surface area contributed by atoms with E-state index >= 15 is 0 Å². The summed E-state index contributed by atoms with van der Waals surface area (Å²) in [5, 5.41) is 11.3. The van der Waals surface area contributed by atoms with Crippen LogP contribution < -0.4 is 108 Å². The number of hydrogen-bond acceptors (Lipinski definition) is 6. The normalized spacial score (nSPS) is 11.5. The standard InChI is InChI=1S/C10H8O7S2.2K/c11-8-4-6-2-1-3-9(18(12,13)14)7(6)5-10(8)19(15,16)17;;/h1-5,11H,(H,12,13,14)(H,15,16,17);;/q;2*+1/p-2. The first-order chi connectivity index (χ1) is 8.60. The minimum Gasteiger partial charge on any atom is -0.872 e. The van der Waals surface area contributed by atoms with Gasteiger partial charge in [0.05, 0.1) is 9.79 Å². The molecule has 0 spiro atoms. The molecule has 0 atom stereocenters. The third-order valence-corrected chi connectivity index (χ3v) is 4.22. The van der Waals surface area contributed by atoms with Gasteiger partial charge in [-0.25, -0.2) is 8.42 Å². The summed E-state index contributed by atoms with van der Waals surface area (Å²) in [5.74, 6) is -0.990. The van der Waals surface area contributed by atoms with Crippen molar-refractivity contribution in [2.75, 3.05) is 0 Å². The van der Waals surface area contributed by atoms with Crippen LogP contribution in [0, 0.1) is 0 Å². The fraction of sp³-hybridized carbons (Fsp3) is 0. The van der Waals surface area contributed by atoms with Gasteiger partial charge in [-0.2, -0.15) is 8.42 Å². The fourth-order valence-corrected chi connectivity index (χ4v) is 2.95. The Morgan fingerprint density at radius 1 is 0.952 bits per heavy atom. The van der Waals surface area contributed by atoms with Crippen molar-refractivity contribution < 1.29 is 134 Å². The predicted molar refractivity (Wildman–Crippen MR) is 61.2 cm³/mol. The molecule has 0 saturated carbocycles. The SMILES string of the molecule is O=S(=O)([O-])c1cccc2cc([O-])c(S(=O)(=O)O)cc12.[K+].[K+]. The molecule has 0 heterocycles. The van der Waals surface area contributed by atoms with Gasteiger partial charge in [0, 0.05) is 5.39 Å². The van der Waals surface area contributed by atoms with Crippen LogP contribution in [0.25, 0.3) is 10.8 Å². The molecular weight excluding hydrogens is 374 g/mol. The quantitative estimate of drug-likeness (QED) is 0.405. The summed E-state index contributed by atoms with van der Waals surface area (Å²) in [4.78, 5) is -1.63. The van der Waals surface area contributed by atoms with Crippen LogP contribution in [0.4, 0.5) is 0 Å². The molecule has 0 amide bonds. The van der Waals surface area contributed by atoms with Crippen LogP contribution in [0.2, 0.25) is 0 Å². The van der Waals surface area contributed by atoms with E-state index in [0.29, 0.717) is 6.07 Å². The largest absolute Gasteiger partial charge is 1.00 e. The minimum atomic E-state index is -4.83. The molecule has 0 aliphatic carbocycles. The summed E-state index contributed by atoms with van der Waals surface area (Å²) in [6.45, 7) is 0. The molecule has 0 aromatic heterocycles. The molecule has 0 saturated heterocycles. The van der Waals surface area contributed by atoms with Gasteiger partial charge in [0.15, 0.2) is 0 Å². The molecule has 0 fully saturated rings. The number of rotatable bonds is 2. The van der Waals surface area contributed by atoms with Gasteiger partial charge in [0.2, 0.25) is 0 Å². The van der Waals surface area contributed by atoms with Crippen LogP contribution in [-0.2, 0) is 20.2 Å². The Balaban J connectivity index is 0.00000200. The minimum absolute atomic E-state index is 0. The van der Waals surface area contributed by atoms with E-state index < -0.39 is 35.8 Å². The van der Waals surface area contributed by atoms with Gasteiger partial charge in [0.25, 0.3) is 10.1 Å². The van der Waals surface area contributed by atoms with Crippen LogP contribution in [0.3, 0.4) is 0 Å². The molecule has 21 heavy (non-hydrogen) atoms. The van der Waals surface area contributed by atoms with Crippen LogP contribution >= 0.6 is 0 Å². The summed E-state index contributed by atoms with van der Waals surface area (Å²) >= 11 is 0. The smallest absolute Gasteiger partial charge is 0.872 e. The van der Waals surface area contributed by atoms with Gasteiger partial charge >= 0.3 is 103 Å². The number of hydrogen-bond donors (Lipinski definition) is 1. The first-order valence-electron chi connectivity index (χ1n) is 4.78. The van der Waals surface area contributed by atoms with Crippen molar-refractivity contribution >= 4 is 31.0 Å². The van der Waals surface area contributed by atoms with E-state index in [0.717, 1.165) is 12.1 Å². The van der Waals surface area contributed by atoms with Crippen LogP contribution in [-0.4, -0.2) is 25.9 Å². The Morgan fingerprint density at radius 3 is 2.00 bits per heavy atom. The van der Waals surface area contributed by atoms with Crippen molar-refractivity contribution in [2.45, 2.75) is 9.79 Å². The zero-order chi connectivity index (χ0) is 14.4. The first-order valence-corrected chi connectivity index (χ1v) is 7.63. The summed E-state index contributed by atoms with van der Waals surface area (Å²) in [6, 6.07) is 5.10. The summed E-state index contributed by atoms with van der Waals surface area (Å²) in [5.41, 5.74) is 0. The van der Waals surface area contributed by atoms with Crippen molar-refractivity contribution in [3.63, 3.8) is 0 Å². The molecule has 0 radical (unpaired) electrons. The summed E-state index contributed by atoms with van der Waals surface area (Å²) in [6.07, 6.45) is 0. The monoisotopic (exact) mass is 380 g/mol. The zero-order valence-corrected chi connectivity index (χ0v) is 19.0. The molecule has 0 aliphatic rings. The molecule has 2 aromatic rings. The van der Waals surface area contributed by atoms with Crippen molar-refractivity contribution in [3.8, 4) is 5.75 Å². The Morgan fingerprint density at radius 2 is 1.52 bits per heavy atom. The molecule has 7 nitrogen and oxygen atoms in total. The average molecular weight is 380 g/mol. The van der Waals surface area contributed by atoms with Crippen molar-refractivity contribution in [1.29, 1.82) is 0 Å². The van der Waals surface area contributed by atoms with Gasteiger partial charge < -0.3 is 9.66 Å². The Labute approximate surface area is 206 Å². The zero-order valence-electron chi connectivity index (χ0n) is 11.1. The fourth-order valence-electron chi connectivity index (χ4n) is 1.68. The second-order valence-corrected chi connectivity index (χ2v) is 6.44. The third-order valence-electron chi connectivity index (χ3n) is 2.45. The third kappa shape index (κ3) is 5.29. The van der Waals surface area contributed by atoms with Gasteiger partial charge in [-0.1, -0.05) is 23.9 Å². The molecule has 0 bridgehead atoms. The topological polar surface area (TPSA) is 135 Å². The molecule has 11 heteroatoms. The predicted octanol–water partition coefficient (Wildman–Crippen LogP) is -5.93. The van der Waals surface area contributed by atoms with E-state index in [2.05, 4.69) is 0 Å². The molecule has 1 N–H and O–H groups in total. The average Bonchev–Trinajstić information content (AvgIpc) is 2.24. The van der Waals surface area contributed by atoms with E-state index in [-0.39, 0.29) is 114 Å². The van der Waals surface area contributed by atoms with E-state index in [1.165, 1.54) is 12.1 Å². The van der Waals surface area contributed by atoms with Crippen LogP contribution in [0.1, 0.15) is 0 Å². The van der Waals surface area contributed by atoms with Crippen molar-refractivity contribution in [3.05, 3.63) is 30.3 Å². The summed E-state index contributed by atoms with van der Waals surface area (Å²) in [7, 11) is -9.63. The van der Waals surface area contributed by atoms with Gasteiger partial charge in [-0.3, -0.25) is 4.55 Å². The second kappa shape index (κ2) is 8.11. The van der Waals surface area contributed by atoms with Gasteiger partial charge in [-0.05, 0) is 17.5 Å². The molecule has 0 aliphatic heterocycles. The Hall–Kier alpha value is 1.59. The summed E-state index contributed by atoms with van der Waals surface area (Å²) < 4.78 is 64.0. The Bertz CT molecular complexity index is 876. The van der Waals surface area contributed by atoms with Crippen molar-refractivity contribution in [1.82, 2.24) is 0 Å². The molecule has 2 rings (SSSR count). The maximum Gasteiger partial charge on any atom is 1.00 e. The number of fused-ring (bicyclic) bond motifs is 1. The first kappa shape index (κ1) is 22.6. The van der Waals surface area contributed by atoms with Crippen LogP contribution in [0.15, 0.2) is 40.1 Å². The van der Waals surface area contributed by atoms with E-state index in [1.807, 2.05) is 0 Å². The molecule has 2 aromatic carbocycles. The molecule has 102 valence electrons. The van der Waals surface area contributed by atoms with Crippen LogP contribution in [0.5, 0.6) is 5.75 Å². The van der Waals surface area contributed by atoms with E-state index in [4.69, 9.17) is 4.55 Å². The van der Waals surface area contributed by atoms with Crippen molar-refractivity contribution in [2.24, 2.45) is 0 Å². The van der Waals surface area contributed by atoms with Gasteiger partial charge in [0.1, 0.15) is 10.1 Å². The maximum absolute atomic E-state index is 11.5. The maximum atomic E-state index is 11.5. The van der Waals surface area contributed by atoms with Gasteiger partial charge in [-0.15, -0.1) is 0 Å². The second-order valence-electron chi connectivity index (χ2n) is 3.71. The van der Waals surface area contributed by atoms with E-state index in [9.17, 15) is 26.5 Å². The Kier molecular flexibility index (Phi) is 8.73.